The third-order valence-electron chi connectivity index (χ3n) is 6.03. The number of oxazole rings is 1. The van der Waals surface area contributed by atoms with Gasteiger partial charge in [-0.05, 0) is 75.2 Å². The zero-order chi connectivity index (χ0) is 23.6. The molecule has 2 aromatic carbocycles. The molecule has 33 heavy (non-hydrogen) atoms. The van der Waals surface area contributed by atoms with Crippen molar-refractivity contribution in [1.82, 2.24) is 14.6 Å². The Kier molecular flexibility index (Phi) is 6.92. The molecule has 0 radical (unpaired) electrons. The maximum Gasteiger partial charge on any atom is 0.298 e. The van der Waals surface area contributed by atoms with E-state index < -0.39 is 10.0 Å². The summed E-state index contributed by atoms with van der Waals surface area (Å²) in [4.78, 5) is 7.12. The predicted molar refractivity (Wildman–Crippen MR) is 129 cm³/mol. The van der Waals surface area contributed by atoms with Crippen LogP contribution >= 0.6 is 0 Å². The summed E-state index contributed by atoms with van der Waals surface area (Å²) in [7, 11) is -0.510. The zero-order valence-corrected chi connectivity index (χ0v) is 20.5. The molecule has 0 aliphatic carbocycles. The second-order valence-corrected chi connectivity index (χ2v) is 10.7. The van der Waals surface area contributed by atoms with Crippen molar-refractivity contribution >= 4 is 27.1 Å². The van der Waals surface area contributed by atoms with Crippen LogP contribution in [-0.2, 0) is 16.6 Å². The molecule has 9 heteroatoms. The minimum absolute atomic E-state index is 0.202. The molecular weight excluding hydrogens is 440 g/mol. The summed E-state index contributed by atoms with van der Waals surface area (Å²) in [5, 5.41) is 3.41. The third kappa shape index (κ3) is 5.00. The van der Waals surface area contributed by atoms with Crippen molar-refractivity contribution < 1.29 is 17.6 Å². The number of benzene rings is 2. The van der Waals surface area contributed by atoms with Crippen LogP contribution in [0, 0.1) is 6.92 Å². The Labute approximate surface area is 195 Å². The molecule has 3 aromatic rings. The number of nitrogens with one attached hydrogen (secondary N) is 1. The van der Waals surface area contributed by atoms with Crippen LogP contribution in [-0.4, -0.2) is 57.5 Å². The molecule has 178 valence electrons. The van der Waals surface area contributed by atoms with E-state index in [1.807, 2.05) is 13.8 Å². The number of anilines is 1. The first kappa shape index (κ1) is 23.5. The minimum Gasteiger partial charge on any atom is -0.494 e. The van der Waals surface area contributed by atoms with Gasteiger partial charge in [0.2, 0.25) is 10.0 Å². The van der Waals surface area contributed by atoms with Crippen molar-refractivity contribution in [3.8, 4) is 5.75 Å². The SMILES string of the molecule is CCOc1cc(CN(c2nc3cc(S(=O)(=O)N(C)C)ccc3o2)C2CCNCC2)ccc1C. The molecule has 0 spiro atoms. The van der Waals surface area contributed by atoms with Gasteiger partial charge in [-0.1, -0.05) is 12.1 Å². The number of piperidine rings is 1. The number of hydrogen-bond acceptors (Lipinski definition) is 7. The molecule has 0 unspecified atom stereocenters. The molecule has 2 heterocycles. The Morgan fingerprint density at radius 3 is 2.61 bits per heavy atom. The lowest BCUT2D eigenvalue weighted by atomic mass is 10.0. The van der Waals surface area contributed by atoms with Crippen molar-refractivity contribution in [3.05, 3.63) is 47.5 Å². The Balaban J connectivity index is 1.71. The molecule has 1 saturated heterocycles. The van der Waals surface area contributed by atoms with Crippen molar-refractivity contribution in [3.63, 3.8) is 0 Å². The minimum atomic E-state index is -3.55. The maximum atomic E-state index is 12.6. The van der Waals surface area contributed by atoms with Crippen LogP contribution in [0.4, 0.5) is 6.01 Å². The fraction of sp³-hybridized carbons (Fsp3) is 0.458. The van der Waals surface area contributed by atoms with E-state index in [9.17, 15) is 8.42 Å². The molecule has 0 bridgehead atoms. The molecule has 1 aliphatic heterocycles. The number of fused-ring (bicyclic) bond motifs is 1. The molecule has 1 aromatic heterocycles. The number of sulfonamides is 1. The first-order valence-corrected chi connectivity index (χ1v) is 12.8. The summed E-state index contributed by atoms with van der Waals surface area (Å²) in [5.74, 6) is 0.886. The number of ether oxygens (including phenoxy) is 1. The standard InChI is InChI=1S/C24H32N4O4S/c1-5-31-23-14-18(7-6-17(23)2)16-28(19-10-12-25-13-11-19)24-26-21-15-20(8-9-22(21)32-24)33(29,30)27(3)4/h6-9,14-15,19,25H,5,10-13,16H2,1-4H3. The molecular formula is C24H32N4O4S. The lowest BCUT2D eigenvalue weighted by molar-refractivity contribution is 0.337. The number of aryl methyl sites for hydroxylation is 1. The van der Waals surface area contributed by atoms with E-state index in [0.717, 1.165) is 42.8 Å². The predicted octanol–water partition coefficient (Wildman–Crippen LogP) is 3.54. The molecule has 1 N–H and O–H groups in total. The highest BCUT2D eigenvalue weighted by Crippen LogP contribution is 2.30. The van der Waals surface area contributed by atoms with Crippen molar-refractivity contribution in [2.24, 2.45) is 0 Å². The van der Waals surface area contributed by atoms with Gasteiger partial charge in [0.05, 0.1) is 11.5 Å². The first-order valence-electron chi connectivity index (χ1n) is 11.3. The fourth-order valence-corrected chi connectivity index (χ4v) is 5.03. The van der Waals surface area contributed by atoms with Crippen LogP contribution in [0.15, 0.2) is 45.7 Å². The highest BCUT2D eigenvalue weighted by atomic mass is 32.2. The fourth-order valence-electron chi connectivity index (χ4n) is 4.11. The topological polar surface area (TPSA) is 87.9 Å². The summed E-state index contributed by atoms with van der Waals surface area (Å²) in [6, 6.07) is 11.9. The number of hydrogen-bond donors (Lipinski definition) is 1. The lowest BCUT2D eigenvalue weighted by Crippen LogP contribution is -2.43. The van der Waals surface area contributed by atoms with Gasteiger partial charge in [0.15, 0.2) is 5.58 Å². The number of aromatic nitrogens is 1. The molecule has 4 rings (SSSR count). The summed E-state index contributed by atoms with van der Waals surface area (Å²) < 4.78 is 38.2. The summed E-state index contributed by atoms with van der Waals surface area (Å²) in [6.07, 6.45) is 1.95. The highest BCUT2D eigenvalue weighted by Gasteiger charge is 2.26. The van der Waals surface area contributed by atoms with Crippen LogP contribution in [0.2, 0.25) is 0 Å². The Hall–Kier alpha value is -2.62. The smallest absolute Gasteiger partial charge is 0.298 e. The average molecular weight is 473 g/mol. The van der Waals surface area contributed by atoms with E-state index in [1.54, 1.807) is 18.2 Å². The van der Waals surface area contributed by atoms with Gasteiger partial charge in [-0.3, -0.25) is 0 Å². The second kappa shape index (κ2) is 9.70. The first-order chi connectivity index (χ1) is 15.8. The van der Waals surface area contributed by atoms with E-state index in [0.29, 0.717) is 30.3 Å². The van der Waals surface area contributed by atoms with Crippen LogP contribution in [0.25, 0.3) is 11.1 Å². The summed E-state index contributed by atoms with van der Waals surface area (Å²) in [6.45, 7) is 7.14. The van der Waals surface area contributed by atoms with Gasteiger partial charge in [-0.25, -0.2) is 12.7 Å². The highest BCUT2D eigenvalue weighted by molar-refractivity contribution is 7.89. The van der Waals surface area contributed by atoms with Gasteiger partial charge in [0.25, 0.3) is 6.01 Å². The largest absolute Gasteiger partial charge is 0.494 e. The average Bonchev–Trinajstić information content (AvgIpc) is 3.23. The van der Waals surface area contributed by atoms with Gasteiger partial charge in [0.1, 0.15) is 11.3 Å². The maximum absolute atomic E-state index is 12.6. The van der Waals surface area contributed by atoms with Gasteiger partial charge >= 0.3 is 0 Å². The van der Waals surface area contributed by atoms with Crippen molar-refractivity contribution in [2.45, 2.75) is 44.2 Å². The van der Waals surface area contributed by atoms with E-state index >= 15 is 0 Å². The van der Waals surface area contributed by atoms with Gasteiger partial charge in [0, 0.05) is 26.7 Å². The van der Waals surface area contributed by atoms with Crippen LogP contribution in [0.1, 0.15) is 30.9 Å². The second-order valence-electron chi connectivity index (χ2n) is 8.56. The molecule has 1 fully saturated rings. The monoisotopic (exact) mass is 472 g/mol. The Morgan fingerprint density at radius 1 is 1.15 bits per heavy atom. The molecule has 0 atom stereocenters. The number of rotatable bonds is 8. The van der Waals surface area contributed by atoms with E-state index in [4.69, 9.17) is 14.1 Å². The van der Waals surface area contributed by atoms with Gasteiger partial charge in [-0.2, -0.15) is 4.98 Å². The summed E-state index contributed by atoms with van der Waals surface area (Å²) >= 11 is 0. The van der Waals surface area contributed by atoms with Gasteiger partial charge < -0.3 is 19.4 Å². The normalized spacial score (nSPS) is 15.3. The molecule has 0 saturated carbocycles. The van der Waals surface area contributed by atoms with Crippen LogP contribution < -0.4 is 15.0 Å². The quantitative estimate of drug-likeness (QED) is 0.536. The van der Waals surface area contributed by atoms with Crippen LogP contribution in [0.5, 0.6) is 5.75 Å². The third-order valence-corrected chi connectivity index (χ3v) is 7.84. The zero-order valence-electron chi connectivity index (χ0n) is 19.7. The number of nitrogens with zero attached hydrogens (tertiary/aromatic N) is 3. The van der Waals surface area contributed by atoms with E-state index in [-0.39, 0.29) is 10.9 Å². The lowest BCUT2D eigenvalue weighted by Gasteiger charge is -2.33. The van der Waals surface area contributed by atoms with E-state index in [1.165, 1.54) is 18.4 Å². The van der Waals surface area contributed by atoms with Gasteiger partial charge in [-0.15, -0.1) is 0 Å². The molecule has 8 nitrogen and oxygen atoms in total. The summed E-state index contributed by atoms with van der Waals surface area (Å²) in [5.41, 5.74) is 3.32. The molecule has 0 amide bonds. The van der Waals surface area contributed by atoms with E-state index in [2.05, 4.69) is 28.4 Å². The Morgan fingerprint density at radius 2 is 1.91 bits per heavy atom. The van der Waals surface area contributed by atoms with Crippen LogP contribution in [0.3, 0.4) is 0 Å². The van der Waals surface area contributed by atoms with Crippen molar-refractivity contribution in [1.29, 1.82) is 0 Å². The molecule has 1 aliphatic rings. The van der Waals surface area contributed by atoms with Crippen molar-refractivity contribution in [2.75, 3.05) is 38.7 Å². The Bertz CT molecular complexity index is 1220.